The Balaban J connectivity index is 0.930. The Kier molecular flexibility index (Phi) is 13.1. The molecule has 2 aliphatic heterocycles. The first kappa shape index (κ1) is 38.9. The quantitative estimate of drug-likeness (QED) is 0.0348. The summed E-state index contributed by atoms with van der Waals surface area (Å²) in [6.45, 7) is 1.67. The van der Waals surface area contributed by atoms with Gasteiger partial charge in [0.2, 0.25) is 17.7 Å². The molecule has 1 saturated heterocycles. The molecular weight excluding hydrogens is 720 g/mol. The van der Waals surface area contributed by atoms with E-state index >= 15 is 0 Å². The summed E-state index contributed by atoms with van der Waals surface area (Å²) in [5.41, 5.74) is 7.03. The second kappa shape index (κ2) is 18.5. The average molecular weight is 765 g/mol. The summed E-state index contributed by atoms with van der Waals surface area (Å²) in [6, 6.07) is 26.6. The van der Waals surface area contributed by atoms with E-state index < -0.39 is 11.9 Å². The molecule has 1 fully saturated rings. The van der Waals surface area contributed by atoms with Crippen LogP contribution in [0.25, 0.3) is 11.1 Å². The Bertz CT molecular complexity index is 2030. The molecule has 5 N–H and O–H groups in total. The van der Waals surface area contributed by atoms with Gasteiger partial charge in [0.1, 0.15) is 29.9 Å². The number of nitrogens with zero attached hydrogens (tertiary/aromatic N) is 1. The molecule has 4 amide bonds. The third kappa shape index (κ3) is 9.85. The number of hydrogen-bond donors (Lipinski definition) is 5. The van der Waals surface area contributed by atoms with E-state index in [4.69, 9.17) is 16.3 Å². The highest BCUT2D eigenvalue weighted by Crippen LogP contribution is 2.37. The zero-order valence-electron chi connectivity index (χ0n) is 30.5. The van der Waals surface area contributed by atoms with Crippen LogP contribution < -0.4 is 20.7 Å². The van der Waals surface area contributed by atoms with Crippen LogP contribution in [0.3, 0.4) is 0 Å². The highest BCUT2D eigenvalue weighted by molar-refractivity contribution is 6.18. The number of nitrogens with one attached hydrogen (secondary N) is 3. The van der Waals surface area contributed by atoms with Gasteiger partial charge < -0.3 is 30.5 Å². The lowest BCUT2D eigenvalue weighted by Gasteiger charge is -2.29. The Morgan fingerprint density at radius 3 is 2.16 bits per heavy atom. The molecular formula is C43H45ClN4O7. The SMILES string of the molecule is O=C(CCCCCNc1cccc2c1CN(C1CCC(=O)NC1=O)C2=O)NCCOc1ccc(C(=C(CCCl)c2ccc(O)cc2)c2ccc(O)cc2)cc1. The molecule has 2 heterocycles. The van der Waals surface area contributed by atoms with Gasteiger partial charge in [-0.15, -0.1) is 11.6 Å². The van der Waals surface area contributed by atoms with Gasteiger partial charge in [-0.05, 0) is 102 Å². The van der Waals surface area contributed by atoms with Crippen LogP contribution in [0.15, 0.2) is 91.0 Å². The van der Waals surface area contributed by atoms with Crippen LogP contribution >= 0.6 is 11.6 Å². The number of anilines is 1. The maximum atomic E-state index is 13.1. The van der Waals surface area contributed by atoms with Gasteiger partial charge in [-0.1, -0.05) is 48.9 Å². The second-order valence-corrected chi connectivity index (χ2v) is 14.0. The zero-order chi connectivity index (χ0) is 38.7. The third-order valence-electron chi connectivity index (χ3n) is 9.83. The number of benzene rings is 4. The number of ether oxygens (including phenoxy) is 1. The largest absolute Gasteiger partial charge is 0.508 e. The Morgan fingerprint density at radius 1 is 0.818 bits per heavy atom. The molecule has 0 aromatic heterocycles. The normalized spacial score (nSPS) is 15.6. The number of imide groups is 1. The summed E-state index contributed by atoms with van der Waals surface area (Å²) in [7, 11) is 0. The molecule has 286 valence electrons. The van der Waals surface area contributed by atoms with Crippen LogP contribution in [0.2, 0.25) is 0 Å². The number of piperidine rings is 1. The predicted octanol–water partition coefficient (Wildman–Crippen LogP) is 6.61. The van der Waals surface area contributed by atoms with Gasteiger partial charge in [-0.2, -0.15) is 0 Å². The molecule has 4 aromatic carbocycles. The van der Waals surface area contributed by atoms with Crippen LogP contribution in [-0.4, -0.2) is 70.4 Å². The Morgan fingerprint density at radius 2 is 1.49 bits per heavy atom. The van der Waals surface area contributed by atoms with E-state index in [9.17, 15) is 29.4 Å². The number of carbonyl (C=O) groups is 4. The number of hydrogen-bond acceptors (Lipinski definition) is 8. The molecule has 11 nitrogen and oxygen atoms in total. The van der Waals surface area contributed by atoms with Gasteiger partial charge in [0.15, 0.2) is 0 Å². The van der Waals surface area contributed by atoms with Crippen molar-refractivity contribution in [1.82, 2.24) is 15.5 Å². The first-order valence-electron chi connectivity index (χ1n) is 18.6. The van der Waals surface area contributed by atoms with Crippen LogP contribution in [0, 0.1) is 0 Å². The molecule has 0 spiro atoms. The Labute approximate surface area is 325 Å². The fourth-order valence-corrected chi connectivity index (χ4v) is 7.23. The molecule has 2 aliphatic rings. The van der Waals surface area contributed by atoms with E-state index in [1.165, 1.54) is 0 Å². The van der Waals surface area contributed by atoms with Gasteiger partial charge >= 0.3 is 0 Å². The maximum absolute atomic E-state index is 13.1. The molecule has 6 rings (SSSR count). The summed E-state index contributed by atoms with van der Waals surface area (Å²) in [4.78, 5) is 51.1. The van der Waals surface area contributed by atoms with Crippen molar-refractivity contribution in [2.24, 2.45) is 0 Å². The molecule has 12 heteroatoms. The third-order valence-corrected chi connectivity index (χ3v) is 10.0. The molecule has 0 radical (unpaired) electrons. The van der Waals surface area contributed by atoms with Crippen LogP contribution in [0.4, 0.5) is 5.69 Å². The van der Waals surface area contributed by atoms with Gasteiger partial charge in [0.25, 0.3) is 5.91 Å². The van der Waals surface area contributed by atoms with Gasteiger partial charge in [0.05, 0.1) is 6.54 Å². The number of rotatable bonds is 17. The highest BCUT2D eigenvalue weighted by atomic mass is 35.5. The molecule has 55 heavy (non-hydrogen) atoms. The van der Waals surface area contributed by atoms with E-state index in [0.29, 0.717) is 62.7 Å². The second-order valence-electron chi connectivity index (χ2n) is 13.6. The van der Waals surface area contributed by atoms with Crippen molar-refractivity contribution in [1.29, 1.82) is 0 Å². The van der Waals surface area contributed by atoms with E-state index in [-0.39, 0.29) is 35.6 Å². The van der Waals surface area contributed by atoms with Crippen molar-refractivity contribution in [2.75, 3.05) is 30.9 Å². The van der Waals surface area contributed by atoms with Crippen LogP contribution in [0.5, 0.6) is 17.2 Å². The lowest BCUT2D eigenvalue weighted by Crippen LogP contribution is -2.52. The van der Waals surface area contributed by atoms with E-state index in [0.717, 1.165) is 58.3 Å². The number of amides is 4. The zero-order valence-corrected chi connectivity index (χ0v) is 31.2. The van der Waals surface area contributed by atoms with Crippen molar-refractivity contribution in [3.05, 3.63) is 119 Å². The minimum absolute atomic E-state index is 0.0374. The number of aromatic hydroxyl groups is 2. The first-order chi connectivity index (χ1) is 26.7. The van der Waals surface area contributed by atoms with Crippen molar-refractivity contribution in [3.63, 3.8) is 0 Å². The fraction of sp³-hybridized carbons (Fsp3) is 0.302. The molecule has 1 unspecified atom stereocenters. The minimum atomic E-state index is -0.650. The van der Waals surface area contributed by atoms with Crippen molar-refractivity contribution < 1.29 is 34.1 Å². The van der Waals surface area contributed by atoms with Crippen molar-refractivity contribution in [3.8, 4) is 17.2 Å². The molecule has 1 atom stereocenters. The first-order valence-corrected chi connectivity index (χ1v) is 19.1. The van der Waals surface area contributed by atoms with E-state index in [2.05, 4.69) is 16.0 Å². The molecule has 0 saturated carbocycles. The van der Waals surface area contributed by atoms with Gasteiger partial charge in [-0.25, -0.2) is 0 Å². The van der Waals surface area contributed by atoms with Crippen molar-refractivity contribution in [2.45, 2.75) is 57.5 Å². The number of phenols is 2. The summed E-state index contributed by atoms with van der Waals surface area (Å²) in [6.07, 6.45) is 3.95. The smallest absolute Gasteiger partial charge is 0.255 e. The van der Waals surface area contributed by atoms with E-state index in [1.54, 1.807) is 35.2 Å². The number of unbranched alkanes of at least 4 members (excludes halogenated alkanes) is 2. The van der Waals surface area contributed by atoms with Gasteiger partial charge in [0, 0.05) is 48.6 Å². The summed E-state index contributed by atoms with van der Waals surface area (Å²) < 4.78 is 5.93. The molecule has 0 bridgehead atoms. The number of carbonyl (C=O) groups excluding carboxylic acids is 4. The van der Waals surface area contributed by atoms with Gasteiger partial charge in [-0.3, -0.25) is 24.5 Å². The number of alkyl halides is 1. The Hall–Kier alpha value is -5.81. The van der Waals surface area contributed by atoms with E-state index in [1.807, 2.05) is 60.7 Å². The standard InChI is InChI=1S/C43H45ClN4O7/c44-23-22-34(28-8-14-31(49)15-9-28)41(29-10-16-32(50)17-11-29)30-12-18-33(19-13-30)55-26-25-46-39(51)7-2-1-3-24-45-37-6-4-5-35-36(37)27-48(43(35)54)38-20-21-40(52)47-42(38)53/h4-6,8-19,38,45,49-50H,1-3,7,20-27H2,(H,46,51)(H,47,52,53). The fourth-order valence-electron chi connectivity index (χ4n) is 7.04. The highest BCUT2D eigenvalue weighted by Gasteiger charge is 2.39. The topological polar surface area (TPSA) is 157 Å². The molecule has 0 aliphatic carbocycles. The van der Waals surface area contributed by atoms with Crippen LogP contribution in [0.1, 0.15) is 77.6 Å². The number of halogens is 1. The number of phenolic OH excluding ortho intramolecular Hbond substituents is 2. The minimum Gasteiger partial charge on any atom is -0.508 e. The number of allylic oxidation sites excluding steroid dienone is 1. The van der Waals surface area contributed by atoms with Crippen LogP contribution in [-0.2, 0) is 20.9 Å². The average Bonchev–Trinajstić information content (AvgIpc) is 3.52. The monoisotopic (exact) mass is 764 g/mol. The summed E-state index contributed by atoms with van der Waals surface area (Å²) in [5.74, 6) is 0.443. The lowest BCUT2D eigenvalue weighted by molar-refractivity contribution is -0.137. The lowest BCUT2D eigenvalue weighted by atomic mass is 9.88. The number of fused-ring (bicyclic) bond motifs is 1. The maximum Gasteiger partial charge on any atom is 0.255 e. The summed E-state index contributed by atoms with van der Waals surface area (Å²) in [5, 5.41) is 28.5. The van der Waals surface area contributed by atoms with Crippen molar-refractivity contribution >= 4 is 52.1 Å². The molecule has 4 aromatic rings. The summed E-state index contributed by atoms with van der Waals surface area (Å²) >= 11 is 6.26. The predicted molar refractivity (Wildman–Crippen MR) is 212 cm³/mol.